The van der Waals surface area contributed by atoms with Gasteiger partial charge in [0, 0.05) is 18.2 Å². The van der Waals surface area contributed by atoms with Gasteiger partial charge >= 0.3 is 5.97 Å². The number of benzene rings is 2. The van der Waals surface area contributed by atoms with Gasteiger partial charge in [0.05, 0.1) is 13.7 Å². The summed E-state index contributed by atoms with van der Waals surface area (Å²) in [6.45, 7) is 4.12. The monoisotopic (exact) mass is 408 g/mol. The van der Waals surface area contributed by atoms with Gasteiger partial charge < -0.3 is 19.5 Å². The van der Waals surface area contributed by atoms with Crippen molar-refractivity contribution in [2.45, 2.75) is 26.7 Å². The Morgan fingerprint density at radius 3 is 2.60 bits per heavy atom. The van der Waals surface area contributed by atoms with Gasteiger partial charge in [-0.05, 0) is 54.5 Å². The van der Waals surface area contributed by atoms with E-state index < -0.39 is 5.97 Å². The fraction of sp³-hybridized carbons (Fsp3) is 0.261. The maximum atomic E-state index is 12.3. The molecular formula is C23H24N2O5. The van der Waals surface area contributed by atoms with Crippen molar-refractivity contribution in [3.8, 4) is 11.5 Å². The zero-order valence-electron chi connectivity index (χ0n) is 17.2. The number of methoxy groups -OCH3 is 1. The molecule has 0 atom stereocenters. The van der Waals surface area contributed by atoms with Crippen LogP contribution in [0.1, 0.15) is 37.8 Å². The van der Waals surface area contributed by atoms with E-state index >= 15 is 0 Å². The topological polar surface area (TPSA) is 86.2 Å². The SMILES string of the molecule is CCCCOc1cc(/C=C2\N=C(c3ccc(NC(C)=O)cc3)OC2=O)ccc1OC. The van der Waals surface area contributed by atoms with Gasteiger partial charge in [-0.3, -0.25) is 4.79 Å². The van der Waals surface area contributed by atoms with Crippen LogP contribution in [-0.2, 0) is 14.3 Å². The Morgan fingerprint density at radius 1 is 1.17 bits per heavy atom. The molecule has 1 N–H and O–H groups in total. The molecule has 7 heteroatoms. The van der Waals surface area contributed by atoms with E-state index in [4.69, 9.17) is 14.2 Å². The van der Waals surface area contributed by atoms with Gasteiger partial charge in [-0.15, -0.1) is 0 Å². The first-order valence-corrected chi connectivity index (χ1v) is 9.71. The fourth-order valence-electron chi connectivity index (χ4n) is 2.81. The zero-order chi connectivity index (χ0) is 21.5. The second kappa shape index (κ2) is 9.73. The van der Waals surface area contributed by atoms with Gasteiger partial charge in [-0.25, -0.2) is 9.79 Å². The molecule has 0 fully saturated rings. The van der Waals surface area contributed by atoms with Crippen LogP contribution in [0, 0.1) is 0 Å². The number of nitrogens with one attached hydrogen (secondary N) is 1. The molecular weight excluding hydrogens is 384 g/mol. The molecule has 156 valence electrons. The Balaban J connectivity index is 1.81. The van der Waals surface area contributed by atoms with Crippen molar-refractivity contribution in [3.63, 3.8) is 0 Å². The number of amides is 1. The summed E-state index contributed by atoms with van der Waals surface area (Å²) >= 11 is 0. The van der Waals surface area contributed by atoms with Gasteiger partial charge in [0.2, 0.25) is 11.8 Å². The molecule has 1 amide bonds. The Hall–Kier alpha value is -3.61. The molecule has 1 heterocycles. The van der Waals surface area contributed by atoms with Crippen molar-refractivity contribution in [3.05, 3.63) is 59.3 Å². The quantitative estimate of drug-likeness (QED) is 0.402. The van der Waals surface area contributed by atoms with E-state index in [1.807, 2.05) is 12.1 Å². The number of rotatable bonds is 8. The first kappa shape index (κ1) is 21.1. The highest BCUT2D eigenvalue weighted by molar-refractivity contribution is 6.13. The fourth-order valence-corrected chi connectivity index (χ4v) is 2.81. The van der Waals surface area contributed by atoms with Gasteiger partial charge in [-0.1, -0.05) is 19.4 Å². The number of carbonyl (C=O) groups excluding carboxylic acids is 2. The molecule has 2 aromatic carbocycles. The highest BCUT2D eigenvalue weighted by atomic mass is 16.6. The van der Waals surface area contributed by atoms with Gasteiger partial charge in [0.25, 0.3) is 0 Å². The summed E-state index contributed by atoms with van der Waals surface area (Å²) in [5, 5.41) is 2.69. The molecule has 0 spiro atoms. The van der Waals surface area contributed by atoms with E-state index in [9.17, 15) is 9.59 Å². The van der Waals surface area contributed by atoms with Gasteiger partial charge in [-0.2, -0.15) is 0 Å². The number of ether oxygens (including phenoxy) is 3. The molecule has 0 saturated carbocycles. The maximum Gasteiger partial charge on any atom is 0.363 e. The molecule has 0 aromatic heterocycles. The molecule has 7 nitrogen and oxygen atoms in total. The summed E-state index contributed by atoms with van der Waals surface area (Å²) in [5.74, 6) is 0.777. The Kier molecular flexibility index (Phi) is 6.85. The molecule has 1 aliphatic rings. The highest BCUT2D eigenvalue weighted by Crippen LogP contribution is 2.30. The minimum atomic E-state index is -0.528. The lowest BCUT2D eigenvalue weighted by molar-refractivity contribution is -0.129. The summed E-state index contributed by atoms with van der Waals surface area (Å²) in [4.78, 5) is 27.7. The Morgan fingerprint density at radius 2 is 1.93 bits per heavy atom. The van der Waals surface area contributed by atoms with Crippen LogP contribution in [0.5, 0.6) is 11.5 Å². The first-order chi connectivity index (χ1) is 14.5. The number of carbonyl (C=O) groups is 2. The molecule has 1 aliphatic heterocycles. The summed E-state index contributed by atoms with van der Waals surface area (Å²) in [5.41, 5.74) is 2.24. The number of esters is 1. The van der Waals surface area contributed by atoms with Gasteiger partial charge in [0.1, 0.15) is 0 Å². The van der Waals surface area contributed by atoms with E-state index in [0.717, 1.165) is 18.4 Å². The lowest BCUT2D eigenvalue weighted by Gasteiger charge is -2.11. The number of hydrogen-bond acceptors (Lipinski definition) is 6. The van der Waals surface area contributed by atoms with Crippen molar-refractivity contribution in [2.75, 3.05) is 19.0 Å². The summed E-state index contributed by atoms with van der Waals surface area (Å²) in [6.07, 6.45) is 3.61. The largest absolute Gasteiger partial charge is 0.493 e. The summed E-state index contributed by atoms with van der Waals surface area (Å²) in [7, 11) is 1.59. The Bertz CT molecular complexity index is 993. The summed E-state index contributed by atoms with van der Waals surface area (Å²) in [6, 6.07) is 12.3. The second-order valence-corrected chi connectivity index (χ2v) is 6.71. The minimum Gasteiger partial charge on any atom is -0.493 e. The lowest BCUT2D eigenvalue weighted by atomic mass is 10.1. The van der Waals surface area contributed by atoms with Crippen LogP contribution in [0.3, 0.4) is 0 Å². The van der Waals surface area contributed by atoms with Crippen LogP contribution >= 0.6 is 0 Å². The number of cyclic esters (lactones) is 1. The van der Waals surface area contributed by atoms with E-state index in [2.05, 4.69) is 17.2 Å². The second-order valence-electron chi connectivity index (χ2n) is 6.71. The standard InChI is InChI=1S/C23H24N2O5/c1-4-5-12-29-21-14-16(6-11-20(21)28-3)13-19-23(27)30-22(25-19)17-7-9-18(10-8-17)24-15(2)26/h6-11,13-14H,4-5,12H2,1-3H3,(H,24,26)/b19-13-. The van der Waals surface area contributed by atoms with Crippen molar-refractivity contribution >= 4 is 29.5 Å². The predicted molar refractivity (Wildman–Crippen MR) is 115 cm³/mol. The number of unbranched alkanes of at least 4 members (excludes halogenated alkanes) is 1. The third-order valence-corrected chi connectivity index (χ3v) is 4.32. The predicted octanol–water partition coefficient (Wildman–Crippen LogP) is 4.18. The maximum absolute atomic E-state index is 12.3. The highest BCUT2D eigenvalue weighted by Gasteiger charge is 2.24. The number of nitrogens with zero attached hydrogens (tertiary/aromatic N) is 1. The van der Waals surface area contributed by atoms with Crippen molar-refractivity contribution in [2.24, 2.45) is 4.99 Å². The molecule has 0 unspecified atom stereocenters. The average Bonchev–Trinajstić information content (AvgIpc) is 3.09. The molecule has 3 rings (SSSR count). The van der Waals surface area contributed by atoms with Crippen LogP contribution in [0.15, 0.2) is 53.2 Å². The molecule has 0 bridgehead atoms. The van der Waals surface area contributed by atoms with Crippen molar-refractivity contribution < 1.29 is 23.8 Å². The normalized spacial score (nSPS) is 14.3. The average molecular weight is 408 g/mol. The van der Waals surface area contributed by atoms with E-state index in [0.29, 0.717) is 29.4 Å². The molecule has 2 aromatic rings. The van der Waals surface area contributed by atoms with Crippen molar-refractivity contribution in [1.82, 2.24) is 0 Å². The van der Waals surface area contributed by atoms with Crippen molar-refractivity contribution in [1.29, 1.82) is 0 Å². The third kappa shape index (κ3) is 5.26. The van der Waals surface area contributed by atoms with Crippen LogP contribution in [0.2, 0.25) is 0 Å². The number of aliphatic imine (C=N–C) groups is 1. The number of anilines is 1. The lowest BCUT2D eigenvalue weighted by Crippen LogP contribution is -2.07. The van der Waals surface area contributed by atoms with E-state index in [1.165, 1.54) is 6.92 Å². The molecule has 0 radical (unpaired) electrons. The third-order valence-electron chi connectivity index (χ3n) is 4.32. The summed E-state index contributed by atoms with van der Waals surface area (Å²) < 4.78 is 16.4. The van der Waals surface area contributed by atoms with Crippen LogP contribution in [-0.4, -0.2) is 31.5 Å². The van der Waals surface area contributed by atoms with Crippen LogP contribution in [0.25, 0.3) is 6.08 Å². The molecule has 0 aliphatic carbocycles. The van der Waals surface area contributed by atoms with E-state index in [-0.39, 0.29) is 17.5 Å². The smallest absolute Gasteiger partial charge is 0.363 e. The number of hydrogen-bond donors (Lipinski definition) is 1. The Labute approximate surface area is 175 Å². The van der Waals surface area contributed by atoms with E-state index in [1.54, 1.807) is 43.5 Å². The molecule has 0 saturated heterocycles. The zero-order valence-corrected chi connectivity index (χ0v) is 17.2. The first-order valence-electron chi connectivity index (χ1n) is 9.71. The minimum absolute atomic E-state index is 0.157. The van der Waals surface area contributed by atoms with Crippen LogP contribution in [0.4, 0.5) is 5.69 Å². The van der Waals surface area contributed by atoms with Crippen LogP contribution < -0.4 is 14.8 Å². The molecule has 30 heavy (non-hydrogen) atoms. The van der Waals surface area contributed by atoms with Gasteiger partial charge in [0.15, 0.2) is 17.2 Å².